The molecule has 5 heteroatoms. The van der Waals surface area contributed by atoms with E-state index in [2.05, 4.69) is 20.6 Å². The van der Waals surface area contributed by atoms with Crippen LogP contribution in [0.15, 0.2) is 104 Å². The molecule has 0 unspecified atom stereocenters. The smallest absolute Gasteiger partial charge is 0.315 e. The second-order valence-corrected chi connectivity index (χ2v) is 6.83. The van der Waals surface area contributed by atoms with Crippen molar-refractivity contribution in [3.05, 3.63) is 120 Å². The van der Waals surface area contributed by atoms with Crippen LogP contribution in [0.1, 0.15) is 22.7 Å². The van der Waals surface area contributed by atoms with Crippen LogP contribution in [0, 0.1) is 0 Å². The van der Waals surface area contributed by atoms with Gasteiger partial charge in [-0.25, -0.2) is 4.79 Å². The van der Waals surface area contributed by atoms with Crippen molar-refractivity contribution in [2.45, 2.75) is 12.6 Å². The molecule has 5 nitrogen and oxygen atoms in total. The Morgan fingerprint density at radius 2 is 1.47 bits per heavy atom. The van der Waals surface area contributed by atoms with E-state index in [1.165, 1.54) is 0 Å². The molecule has 4 rings (SSSR count). The van der Waals surface area contributed by atoms with E-state index in [0.29, 0.717) is 6.54 Å². The van der Waals surface area contributed by atoms with Crippen molar-refractivity contribution in [2.24, 2.45) is 0 Å². The Morgan fingerprint density at radius 1 is 0.800 bits per heavy atom. The Balaban J connectivity index is 1.49. The van der Waals surface area contributed by atoms with Gasteiger partial charge in [0.2, 0.25) is 0 Å². The minimum Gasteiger partial charge on any atom is -0.334 e. The van der Waals surface area contributed by atoms with Gasteiger partial charge in [0.05, 0.1) is 11.7 Å². The molecule has 2 heterocycles. The first kappa shape index (κ1) is 19.3. The summed E-state index contributed by atoms with van der Waals surface area (Å²) in [4.78, 5) is 21.4. The Morgan fingerprint density at radius 3 is 2.10 bits per heavy atom. The molecule has 2 N–H and O–H groups in total. The van der Waals surface area contributed by atoms with Crippen LogP contribution in [0.2, 0.25) is 0 Å². The van der Waals surface area contributed by atoms with Gasteiger partial charge in [-0.2, -0.15) is 0 Å². The summed E-state index contributed by atoms with van der Waals surface area (Å²) in [5, 5.41) is 6.06. The zero-order valence-corrected chi connectivity index (χ0v) is 16.4. The zero-order valence-electron chi connectivity index (χ0n) is 16.4. The summed E-state index contributed by atoms with van der Waals surface area (Å²) in [6.07, 6.45) is 5.24. The highest BCUT2D eigenvalue weighted by atomic mass is 16.2. The lowest BCUT2D eigenvalue weighted by atomic mass is 9.99. The molecule has 2 aromatic carbocycles. The summed E-state index contributed by atoms with van der Waals surface area (Å²) < 4.78 is 0. The fraction of sp³-hybridized carbons (Fsp3) is 0.0800. The molecule has 0 fully saturated rings. The van der Waals surface area contributed by atoms with Crippen molar-refractivity contribution in [3.8, 4) is 11.3 Å². The van der Waals surface area contributed by atoms with Gasteiger partial charge in [0.1, 0.15) is 0 Å². The summed E-state index contributed by atoms with van der Waals surface area (Å²) in [6, 6.07) is 27.1. The monoisotopic (exact) mass is 394 g/mol. The zero-order chi connectivity index (χ0) is 20.6. The summed E-state index contributed by atoms with van der Waals surface area (Å²) in [5.74, 6) is 0. The maximum absolute atomic E-state index is 12.8. The van der Waals surface area contributed by atoms with Crippen LogP contribution in [0.25, 0.3) is 11.3 Å². The highest BCUT2D eigenvalue weighted by Gasteiger charge is 2.16. The van der Waals surface area contributed by atoms with Gasteiger partial charge in [-0.05, 0) is 34.9 Å². The van der Waals surface area contributed by atoms with E-state index in [4.69, 9.17) is 0 Å². The number of carbonyl (C=O) groups excluding carboxylic acids is 1. The highest BCUT2D eigenvalue weighted by molar-refractivity contribution is 5.75. The normalized spacial score (nSPS) is 10.6. The number of carbonyl (C=O) groups is 1. The van der Waals surface area contributed by atoms with E-state index in [1.807, 2.05) is 84.9 Å². The number of amides is 2. The van der Waals surface area contributed by atoms with E-state index in [9.17, 15) is 4.79 Å². The van der Waals surface area contributed by atoms with Crippen molar-refractivity contribution in [1.82, 2.24) is 20.6 Å². The third kappa shape index (κ3) is 4.70. The topological polar surface area (TPSA) is 66.9 Å². The first-order chi connectivity index (χ1) is 14.8. The number of rotatable bonds is 6. The van der Waals surface area contributed by atoms with Crippen LogP contribution in [0.3, 0.4) is 0 Å². The van der Waals surface area contributed by atoms with Crippen LogP contribution in [-0.4, -0.2) is 16.0 Å². The first-order valence-electron chi connectivity index (χ1n) is 9.80. The van der Waals surface area contributed by atoms with Gasteiger partial charge < -0.3 is 10.6 Å². The molecule has 0 spiro atoms. The average Bonchev–Trinajstić information content (AvgIpc) is 2.83. The van der Waals surface area contributed by atoms with E-state index in [-0.39, 0.29) is 12.1 Å². The van der Waals surface area contributed by atoms with Gasteiger partial charge >= 0.3 is 6.03 Å². The molecule has 2 aromatic heterocycles. The standard InChI is InChI=1S/C25H22N4O/c30-25(28-18-22-14-8-16-27-23(22)21-13-7-15-26-17-21)29-24(19-9-3-1-4-10-19)20-11-5-2-6-12-20/h1-17,24H,18H2,(H2,28,29,30). The summed E-state index contributed by atoms with van der Waals surface area (Å²) in [5.41, 5.74) is 4.71. The molecular formula is C25H22N4O. The largest absolute Gasteiger partial charge is 0.334 e. The van der Waals surface area contributed by atoms with Gasteiger partial charge in [-0.1, -0.05) is 66.7 Å². The lowest BCUT2D eigenvalue weighted by molar-refractivity contribution is 0.238. The van der Waals surface area contributed by atoms with Crippen LogP contribution in [0.4, 0.5) is 4.79 Å². The molecule has 0 aliphatic heterocycles. The summed E-state index contributed by atoms with van der Waals surface area (Å²) in [6.45, 7) is 0.361. The van der Waals surface area contributed by atoms with Crippen LogP contribution >= 0.6 is 0 Å². The average molecular weight is 394 g/mol. The van der Waals surface area contributed by atoms with Crippen molar-refractivity contribution in [3.63, 3.8) is 0 Å². The van der Waals surface area contributed by atoms with Gasteiger partial charge in [0, 0.05) is 30.7 Å². The molecule has 148 valence electrons. The van der Waals surface area contributed by atoms with E-state index in [0.717, 1.165) is 27.9 Å². The fourth-order valence-corrected chi connectivity index (χ4v) is 3.35. The van der Waals surface area contributed by atoms with Crippen molar-refractivity contribution in [1.29, 1.82) is 0 Å². The molecule has 0 aliphatic carbocycles. The first-order valence-corrected chi connectivity index (χ1v) is 9.80. The van der Waals surface area contributed by atoms with Crippen LogP contribution < -0.4 is 10.6 Å². The third-order valence-electron chi connectivity index (χ3n) is 4.81. The lowest BCUT2D eigenvalue weighted by Gasteiger charge is -2.20. The minimum atomic E-state index is -0.242. The molecule has 4 aromatic rings. The number of pyridine rings is 2. The number of aromatic nitrogens is 2. The lowest BCUT2D eigenvalue weighted by Crippen LogP contribution is -2.38. The maximum atomic E-state index is 12.8. The molecule has 0 bridgehead atoms. The number of benzene rings is 2. The molecule has 0 saturated heterocycles. The van der Waals surface area contributed by atoms with E-state index < -0.39 is 0 Å². The van der Waals surface area contributed by atoms with Gasteiger partial charge in [0.25, 0.3) is 0 Å². The molecular weight excluding hydrogens is 372 g/mol. The quantitative estimate of drug-likeness (QED) is 0.497. The number of nitrogens with one attached hydrogen (secondary N) is 2. The maximum Gasteiger partial charge on any atom is 0.315 e. The van der Waals surface area contributed by atoms with Crippen molar-refractivity contribution in [2.75, 3.05) is 0 Å². The van der Waals surface area contributed by atoms with Gasteiger partial charge in [-0.15, -0.1) is 0 Å². The van der Waals surface area contributed by atoms with Gasteiger partial charge in [-0.3, -0.25) is 9.97 Å². The van der Waals surface area contributed by atoms with E-state index in [1.54, 1.807) is 18.6 Å². The third-order valence-corrected chi connectivity index (χ3v) is 4.81. The van der Waals surface area contributed by atoms with Crippen molar-refractivity contribution >= 4 is 6.03 Å². The molecule has 0 radical (unpaired) electrons. The highest BCUT2D eigenvalue weighted by Crippen LogP contribution is 2.22. The molecule has 0 saturated carbocycles. The number of hydrogen-bond donors (Lipinski definition) is 2. The van der Waals surface area contributed by atoms with Gasteiger partial charge in [0.15, 0.2) is 0 Å². The second-order valence-electron chi connectivity index (χ2n) is 6.83. The Hall–Kier alpha value is -3.99. The summed E-state index contributed by atoms with van der Waals surface area (Å²) >= 11 is 0. The molecule has 30 heavy (non-hydrogen) atoms. The fourth-order valence-electron chi connectivity index (χ4n) is 3.35. The second kappa shape index (κ2) is 9.47. The predicted octanol–water partition coefficient (Wildman–Crippen LogP) is 4.73. The summed E-state index contributed by atoms with van der Waals surface area (Å²) in [7, 11) is 0. The van der Waals surface area contributed by atoms with Crippen LogP contribution in [0.5, 0.6) is 0 Å². The predicted molar refractivity (Wildman–Crippen MR) is 118 cm³/mol. The minimum absolute atomic E-state index is 0.237. The number of urea groups is 1. The molecule has 0 atom stereocenters. The molecule has 2 amide bonds. The Labute approximate surface area is 175 Å². The Kier molecular flexibility index (Phi) is 6.11. The van der Waals surface area contributed by atoms with Crippen molar-refractivity contribution < 1.29 is 4.79 Å². The van der Waals surface area contributed by atoms with E-state index >= 15 is 0 Å². The van der Waals surface area contributed by atoms with Crippen LogP contribution in [-0.2, 0) is 6.54 Å². The number of hydrogen-bond acceptors (Lipinski definition) is 3. The SMILES string of the molecule is O=C(NCc1cccnc1-c1cccnc1)NC(c1ccccc1)c1ccccc1. The Bertz CT molecular complexity index is 1050. The number of nitrogens with zero attached hydrogens (tertiary/aromatic N) is 2. The molecule has 0 aliphatic rings.